The smallest absolute Gasteiger partial charge is 0.303 e. The summed E-state index contributed by atoms with van der Waals surface area (Å²) in [5, 5.41) is 26.3. The summed E-state index contributed by atoms with van der Waals surface area (Å²) in [6.45, 7) is 2.84. The third kappa shape index (κ3) is 7.50. The maximum atomic E-state index is 12.0. The van der Waals surface area contributed by atoms with Crippen molar-refractivity contribution in [3.05, 3.63) is 34.4 Å². The summed E-state index contributed by atoms with van der Waals surface area (Å²) >= 11 is 0. The molecule has 0 bridgehead atoms. The summed E-state index contributed by atoms with van der Waals surface area (Å²) in [4.78, 5) is 55.9. The lowest BCUT2D eigenvalue weighted by Gasteiger charge is -2.17. The lowest BCUT2D eigenvalue weighted by molar-refractivity contribution is -0.384. The van der Waals surface area contributed by atoms with Gasteiger partial charge >= 0.3 is 5.97 Å². The highest BCUT2D eigenvalue weighted by molar-refractivity contribution is 6.01. The Labute approximate surface area is 154 Å². The Bertz CT molecular complexity index is 733. The molecule has 11 nitrogen and oxygen atoms in total. The van der Waals surface area contributed by atoms with E-state index in [-0.39, 0.29) is 18.5 Å². The van der Waals surface area contributed by atoms with E-state index < -0.39 is 40.7 Å². The zero-order valence-electron chi connectivity index (χ0n) is 14.7. The SMILES string of the molecule is CC(NC(=O)CCC(=O)O)C(=O)NC(=O)C(C)Nc1ccc([N+](=O)[O-])cc1. The molecule has 0 spiro atoms. The molecule has 0 fully saturated rings. The first kappa shape index (κ1) is 21.5. The van der Waals surface area contributed by atoms with E-state index in [1.165, 1.54) is 38.1 Å². The number of carbonyl (C=O) groups is 4. The van der Waals surface area contributed by atoms with Gasteiger partial charge < -0.3 is 15.7 Å². The predicted molar refractivity (Wildman–Crippen MR) is 93.8 cm³/mol. The third-order valence-corrected chi connectivity index (χ3v) is 3.44. The molecular weight excluding hydrogens is 360 g/mol. The standard InChI is InChI=1S/C16H20N4O7/c1-9(17-11-3-5-12(6-4-11)20(26)27)15(24)19-16(25)10(2)18-13(21)7-8-14(22)23/h3-6,9-10,17H,7-8H2,1-2H3,(H,18,21)(H,22,23)(H,19,24,25). The number of rotatable bonds is 9. The molecule has 0 aliphatic carbocycles. The van der Waals surface area contributed by atoms with E-state index in [4.69, 9.17) is 5.11 Å². The van der Waals surface area contributed by atoms with Crippen molar-refractivity contribution in [2.75, 3.05) is 5.32 Å². The molecule has 0 aromatic heterocycles. The van der Waals surface area contributed by atoms with Gasteiger partial charge in [-0.25, -0.2) is 0 Å². The van der Waals surface area contributed by atoms with Crippen molar-refractivity contribution in [1.29, 1.82) is 0 Å². The van der Waals surface area contributed by atoms with Gasteiger partial charge in [-0.3, -0.25) is 34.6 Å². The van der Waals surface area contributed by atoms with Crippen LogP contribution in [-0.2, 0) is 19.2 Å². The fraction of sp³-hybridized carbons (Fsp3) is 0.375. The van der Waals surface area contributed by atoms with Crippen LogP contribution in [0.5, 0.6) is 0 Å². The molecule has 0 saturated carbocycles. The number of nitrogens with zero attached hydrogens (tertiary/aromatic N) is 1. The number of nitro groups is 1. The number of amides is 3. The van der Waals surface area contributed by atoms with E-state index >= 15 is 0 Å². The number of benzene rings is 1. The Balaban J connectivity index is 2.50. The molecule has 11 heteroatoms. The fourth-order valence-corrected chi connectivity index (χ4v) is 1.93. The Morgan fingerprint density at radius 1 is 1.04 bits per heavy atom. The van der Waals surface area contributed by atoms with E-state index in [0.29, 0.717) is 5.69 Å². The van der Waals surface area contributed by atoms with Crippen molar-refractivity contribution in [2.24, 2.45) is 0 Å². The lowest BCUT2D eigenvalue weighted by Crippen LogP contribution is -2.50. The molecule has 0 heterocycles. The third-order valence-electron chi connectivity index (χ3n) is 3.44. The average molecular weight is 380 g/mol. The van der Waals surface area contributed by atoms with Gasteiger partial charge in [-0.15, -0.1) is 0 Å². The molecule has 0 saturated heterocycles. The maximum Gasteiger partial charge on any atom is 0.303 e. The first-order chi connectivity index (χ1) is 12.6. The van der Waals surface area contributed by atoms with Crippen LogP contribution in [0.2, 0.25) is 0 Å². The zero-order chi connectivity index (χ0) is 20.6. The minimum Gasteiger partial charge on any atom is -0.481 e. The second kappa shape index (κ2) is 9.85. The van der Waals surface area contributed by atoms with Gasteiger partial charge in [0.05, 0.1) is 11.3 Å². The minimum absolute atomic E-state index is 0.0969. The molecule has 1 aromatic rings. The Kier molecular flexibility index (Phi) is 7.86. The number of hydrogen-bond donors (Lipinski definition) is 4. The van der Waals surface area contributed by atoms with Gasteiger partial charge in [0.15, 0.2) is 0 Å². The van der Waals surface area contributed by atoms with E-state index in [0.717, 1.165) is 0 Å². The number of carboxylic acid groups (broad SMARTS) is 1. The van der Waals surface area contributed by atoms with Gasteiger partial charge in [0.2, 0.25) is 17.7 Å². The summed E-state index contributed by atoms with van der Waals surface area (Å²) in [5.41, 5.74) is 0.353. The van der Waals surface area contributed by atoms with Crippen LogP contribution >= 0.6 is 0 Å². The van der Waals surface area contributed by atoms with Crippen molar-refractivity contribution < 1.29 is 29.2 Å². The van der Waals surface area contributed by atoms with Gasteiger partial charge in [-0.05, 0) is 26.0 Å². The molecular formula is C16H20N4O7. The summed E-state index contributed by atoms with van der Waals surface area (Å²) in [5.74, 6) is -3.17. The normalized spacial score (nSPS) is 12.4. The van der Waals surface area contributed by atoms with Crippen molar-refractivity contribution in [3.63, 3.8) is 0 Å². The number of aliphatic carboxylic acids is 1. The van der Waals surface area contributed by atoms with Crippen molar-refractivity contribution >= 4 is 35.1 Å². The van der Waals surface area contributed by atoms with Crippen LogP contribution in [0, 0.1) is 10.1 Å². The van der Waals surface area contributed by atoms with Crippen LogP contribution in [0.1, 0.15) is 26.7 Å². The van der Waals surface area contributed by atoms with Crippen molar-refractivity contribution in [2.45, 2.75) is 38.8 Å². The average Bonchev–Trinajstić information content (AvgIpc) is 2.60. The van der Waals surface area contributed by atoms with Crippen LogP contribution in [0.25, 0.3) is 0 Å². The topological polar surface area (TPSA) is 168 Å². The summed E-state index contributed by atoms with van der Waals surface area (Å²) < 4.78 is 0. The van der Waals surface area contributed by atoms with E-state index in [2.05, 4.69) is 16.0 Å². The van der Waals surface area contributed by atoms with Gasteiger partial charge in [-0.2, -0.15) is 0 Å². The molecule has 3 amide bonds. The molecule has 0 aliphatic rings. The second-order valence-corrected chi connectivity index (χ2v) is 5.71. The summed E-state index contributed by atoms with van der Waals surface area (Å²) in [7, 11) is 0. The first-order valence-electron chi connectivity index (χ1n) is 7.97. The van der Waals surface area contributed by atoms with Crippen molar-refractivity contribution in [1.82, 2.24) is 10.6 Å². The molecule has 2 unspecified atom stereocenters. The van der Waals surface area contributed by atoms with E-state index in [9.17, 15) is 29.3 Å². The number of nitrogens with one attached hydrogen (secondary N) is 3. The number of carbonyl (C=O) groups excluding carboxylic acids is 3. The van der Waals surface area contributed by atoms with Crippen LogP contribution in [0.15, 0.2) is 24.3 Å². The molecule has 4 N–H and O–H groups in total. The van der Waals surface area contributed by atoms with Crippen molar-refractivity contribution in [3.8, 4) is 0 Å². The Morgan fingerprint density at radius 2 is 1.59 bits per heavy atom. The maximum absolute atomic E-state index is 12.0. The minimum atomic E-state index is -1.14. The largest absolute Gasteiger partial charge is 0.481 e. The zero-order valence-corrected chi connectivity index (χ0v) is 14.7. The van der Waals surface area contributed by atoms with Gasteiger partial charge in [0, 0.05) is 24.2 Å². The van der Waals surface area contributed by atoms with E-state index in [1.807, 2.05) is 0 Å². The Hall–Kier alpha value is -3.50. The number of hydrogen-bond acceptors (Lipinski definition) is 7. The van der Waals surface area contributed by atoms with Crippen LogP contribution in [0.4, 0.5) is 11.4 Å². The number of non-ortho nitro benzene ring substituents is 1. The first-order valence-corrected chi connectivity index (χ1v) is 7.97. The molecule has 146 valence electrons. The molecule has 1 aromatic carbocycles. The number of carboxylic acids is 1. The summed E-state index contributed by atoms with van der Waals surface area (Å²) in [6, 6.07) is 3.54. The number of imide groups is 1. The molecule has 2 atom stereocenters. The fourth-order valence-electron chi connectivity index (χ4n) is 1.93. The lowest BCUT2D eigenvalue weighted by atomic mass is 10.2. The second-order valence-electron chi connectivity index (χ2n) is 5.71. The molecule has 27 heavy (non-hydrogen) atoms. The highest BCUT2D eigenvalue weighted by Gasteiger charge is 2.21. The number of anilines is 1. The van der Waals surface area contributed by atoms with Crippen LogP contribution in [-0.4, -0.2) is 45.8 Å². The molecule has 0 aliphatic heterocycles. The van der Waals surface area contributed by atoms with Crippen LogP contribution < -0.4 is 16.0 Å². The summed E-state index contributed by atoms with van der Waals surface area (Å²) in [6.07, 6.45) is -0.645. The van der Waals surface area contributed by atoms with Crippen LogP contribution in [0.3, 0.4) is 0 Å². The number of nitro benzene ring substituents is 1. The van der Waals surface area contributed by atoms with Gasteiger partial charge in [-0.1, -0.05) is 0 Å². The Morgan fingerprint density at radius 3 is 2.11 bits per heavy atom. The monoisotopic (exact) mass is 380 g/mol. The highest BCUT2D eigenvalue weighted by Crippen LogP contribution is 2.16. The molecule has 1 rings (SSSR count). The molecule has 0 radical (unpaired) electrons. The van der Waals surface area contributed by atoms with Gasteiger partial charge in [0.1, 0.15) is 12.1 Å². The van der Waals surface area contributed by atoms with Gasteiger partial charge in [0.25, 0.3) is 5.69 Å². The highest BCUT2D eigenvalue weighted by atomic mass is 16.6. The van der Waals surface area contributed by atoms with E-state index in [1.54, 1.807) is 0 Å². The predicted octanol–water partition coefficient (Wildman–Crippen LogP) is 0.408. The quantitative estimate of drug-likeness (QED) is 0.353.